The van der Waals surface area contributed by atoms with Crippen LogP contribution >= 0.6 is 0 Å². The van der Waals surface area contributed by atoms with Crippen LogP contribution in [0.2, 0.25) is 0 Å². The maximum Gasteiger partial charge on any atom is 0.276 e. The van der Waals surface area contributed by atoms with Crippen molar-refractivity contribution in [1.82, 2.24) is 4.98 Å². The van der Waals surface area contributed by atoms with Crippen LogP contribution in [0.1, 0.15) is 12.8 Å². The fourth-order valence-corrected chi connectivity index (χ4v) is 2.13. The minimum Gasteiger partial charge on any atom is -0.396 e. The van der Waals surface area contributed by atoms with Gasteiger partial charge in [-0.3, -0.25) is 10.1 Å². The molecule has 1 aliphatic rings. The fourth-order valence-electron chi connectivity index (χ4n) is 2.13. The van der Waals surface area contributed by atoms with Crippen LogP contribution in [0.15, 0.2) is 12.1 Å². The molecule has 1 aromatic rings. The minimum absolute atomic E-state index is 0.0400. The second-order valence-corrected chi connectivity index (χ2v) is 4.48. The van der Waals surface area contributed by atoms with E-state index in [-0.39, 0.29) is 18.1 Å². The van der Waals surface area contributed by atoms with Crippen LogP contribution in [0.25, 0.3) is 0 Å². The van der Waals surface area contributed by atoms with Crippen LogP contribution in [0.5, 0.6) is 0 Å². The van der Waals surface area contributed by atoms with Crippen molar-refractivity contribution in [2.24, 2.45) is 5.92 Å². The number of nitrogens with two attached hydrogens (primary N) is 1. The number of rotatable bonds is 3. The standard InChI is InChI=1S/C11H16N4O3/c12-10-5-9(15(17)18)6-11(13-10)14-3-1-8(7-16)2-4-14/h5-6,8,16H,1-4,7H2,(H2,12,13). The molecule has 0 radical (unpaired) electrons. The molecule has 0 atom stereocenters. The number of hydrogen-bond acceptors (Lipinski definition) is 6. The number of pyridine rings is 1. The predicted octanol–water partition coefficient (Wildman–Crippen LogP) is 0.781. The molecule has 1 fully saturated rings. The molecule has 1 saturated heterocycles. The molecular weight excluding hydrogens is 236 g/mol. The molecule has 0 spiro atoms. The summed E-state index contributed by atoms with van der Waals surface area (Å²) in [5, 5.41) is 19.8. The Bertz CT molecular complexity index is 444. The monoisotopic (exact) mass is 252 g/mol. The largest absolute Gasteiger partial charge is 0.396 e. The van der Waals surface area contributed by atoms with Gasteiger partial charge in [-0.2, -0.15) is 0 Å². The maximum absolute atomic E-state index is 10.8. The molecule has 0 aliphatic carbocycles. The van der Waals surface area contributed by atoms with Gasteiger partial charge in [0.15, 0.2) is 0 Å². The zero-order chi connectivity index (χ0) is 13.1. The summed E-state index contributed by atoms with van der Waals surface area (Å²) in [5.74, 6) is 1.01. The first-order chi connectivity index (χ1) is 8.60. The van der Waals surface area contributed by atoms with Gasteiger partial charge in [0.1, 0.15) is 11.6 Å². The van der Waals surface area contributed by atoms with Crippen molar-refractivity contribution in [1.29, 1.82) is 0 Å². The highest BCUT2D eigenvalue weighted by atomic mass is 16.6. The van der Waals surface area contributed by atoms with E-state index in [0.717, 1.165) is 25.9 Å². The van der Waals surface area contributed by atoms with Crippen molar-refractivity contribution in [2.75, 3.05) is 30.3 Å². The average Bonchev–Trinajstić information content (AvgIpc) is 2.38. The third-order valence-electron chi connectivity index (χ3n) is 3.22. The summed E-state index contributed by atoms with van der Waals surface area (Å²) in [7, 11) is 0. The van der Waals surface area contributed by atoms with E-state index >= 15 is 0 Å². The van der Waals surface area contributed by atoms with E-state index in [9.17, 15) is 10.1 Å². The van der Waals surface area contributed by atoms with Crippen molar-refractivity contribution in [3.63, 3.8) is 0 Å². The Kier molecular flexibility index (Phi) is 3.61. The Hall–Kier alpha value is -1.89. The van der Waals surface area contributed by atoms with Crippen LogP contribution in [0, 0.1) is 16.0 Å². The van der Waals surface area contributed by atoms with Gasteiger partial charge in [0.05, 0.1) is 17.1 Å². The smallest absolute Gasteiger partial charge is 0.276 e. The van der Waals surface area contributed by atoms with E-state index in [4.69, 9.17) is 10.8 Å². The van der Waals surface area contributed by atoms with Gasteiger partial charge in [0, 0.05) is 19.7 Å². The number of aliphatic hydroxyl groups is 1. The molecule has 2 heterocycles. The summed E-state index contributed by atoms with van der Waals surface area (Å²) in [5.41, 5.74) is 5.54. The summed E-state index contributed by atoms with van der Waals surface area (Å²) < 4.78 is 0. The zero-order valence-corrected chi connectivity index (χ0v) is 9.95. The second-order valence-electron chi connectivity index (χ2n) is 4.48. The molecule has 7 nitrogen and oxygen atoms in total. The van der Waals surface area contributed by atoms with Gasteiger partial charge in [-0.1, -0.05) is 0 Å². The summed E-state index contributed by atoms with van der Waals surface area (Å²) in [6.45, 7) is 1.66. The van der Waals surface area contributed by atoms with E-state index in [1.807, 2.05) is 4.90 Å². The number of aliphatic hydroxyl groups excluding tert-OH is 1. The lowest BCUT2D eigenvalue weighted by Gasteiger charge is -2.31. The number of anilines is 2. The molecule has 0 saturated carbocycles. The Morgan fingerprint density at radius 1 is 1.50 bits per heavy atom. The molecule has 2 rings (SSSR count). The van der Waals surface area contributed by atoms with Crippen molar-refractivity contribution >= 4 is 17.3 Å². The predicted molar refractivity (Wildman–Crippen MR) is 67.3 cm³/mol. The van der Waals surface area contributed by atoms with Gasteiger partial charge in [-0.25, -0.2) is 4.98 Å². The molecule has 98 valence electrons. The van der Waals surface area contributed by atoms with Crippen molar-refractivity contribution < 1.29 is 10.0 Å². The van der Waals surface area contributed by atoms with Gasteiger partial charge < -0.3 is 15.7 Å². The molecule has 7 heteroatoms. The maximum atomic E-state index is 10.8. The quantitative estimate of drug-likeness (QED) is 0.608. The van der Waals surface area contributed by atoms with Crippen molar-refractivity contribution in [3.05, 3.63) is 22.2 Å². The van der Waals surface area contributed by atoms with Gasteiger partial charge >= 0.3 is 0 Å². The minimum atomic E-state index is -0.470. The number of aromatic nitrogens is 1. The van der Waals surface area contributed by atoms with Crippen molar-refractivity contribution in [2.45, 2.75) is 12.8 Å². The zero-order valence-electron chi connectivity index (χ0n) is 9.95. The van der Waals surface area contributed by atoms with Gasteiger partial charge in [0.2, 0.25) is 0 Å². The Morgan fingerprint density at radius 3 is 2.72 bits per heavy atom. The lowest BCUT2D eigenvalue weighted by atomic mass is 9.98. The van der Waals surface area contributed by atoms with Gasteiger partial charge in [-0.15, -0.1) is 0 Å². The number of hydrogen-bond donors (Lipinski definition) is 2. The third-order valence-corrected chi connectivity index (χ3v) is 3.22. The van der Waals surface area contributed by atoms with E-state index in [2.05, 4.69) is 4.98 Å². The van der Waals surface area contributed by atoms with E-state index in [1.165, 1.54) is 12.1 Å². The van der Waals surface area contributed by atoms with Crippen LogP contribution < -0.4 is 10.6 Å². The molecule has 0 unspecified atom stereocenters. The first kappa shape index (κ1) is 12.6. The third kappa shape index (κ3) is 2.67. The summed E-state index contributed by atoms with van der Waals surface area (Å²) in [6.07, 6.45) is 1.72. The molecule has 0 amide bonds. The molecule has 0 aromatic carbocycles. The van der Waals surface area contributed by atoms with Crippen LogP contribution in [-0.4, -0.2) is 34.7 Å². The number of nitrogen functional groups attached to an aromatic ring is 1. The molecule has 18 heavy (non-hydrogen) atoms. The SMILES string of the molecule is Nc1cc([N+](=O)[O-])cc(N2CCC(CO)CC2)n1. The highest BCUT2D eigenvalue weighted by Gasteiger charge is 2.21. The molecule has 1 aliphatic heterocycles. The summed E-state index contributed by atoms with van der Waals surface area (Å²) >= 11 is 0. The number of piperidine rings is 1. The fraction of sp³-hybridized carbons (Fsp3) is 0.545. The highest BCUT2D eigenvalue weighted by molar-refractivity contribution is 5.54. The topological polar surface area (TPSA) is 106 Å². The van der Waals surface area contributed by atoms with E-state index in [1.54, 1.807) is 0 Å². The molecular formula is C11H16N4O3. The Balaban J connectivity index is 2.16. The number of nitro groups is 1. The second kappa shape index (κ2) is 5.18. The number of nitrogens with zero attached hydrogens (tertiary/aromatic N) is 3. The summed E-state index contributed by atoms with van der Waals surface area (Å²) in [4.78, 5) is 16.4. The molecule has 0 bridgehead atoms. The van der Waals surface area contributed by atoms with Gasteiger partial charge in [-0.05, 0) is 18.8 Å². The van der Waals surface area contributed by atoms with Gasteiger partial charge in [0.25, 0.3) is 5.69 Å². The van der Waals surface area contributed by atoms with Crippen LogP contribution in [0.4, 0.5) is 17.3 Å². The average molecular weight is 252 g/mol. The normalized spacial score (nSPS) is 16.8. The van der Waals surface area contributed by atoms with E-state index in [0.29, 0.717) is 11.7 Å². The molecule has 1 aromatic heterocycles. The van der Waals surface area contributed by atoms with E-state index < -0.39 is 4.92 Å². The Labute approximate surface area is 104 Å². The first-order valence-electron chi connectivity index (χ1n) is 5.88. The summed E-state index contributed by atoms with van der Waals surface area (Å²) in [6, 6.07) is 2.69. The molecule has 3 N–H and O–H groups in total. The van der Waals surface area contributed by atoms with Crippen LogP contribution in [-0.2, 0) is 0 Å². The first-order valence-corrected chi connectivity index (χ1v) is 5.88. The highest BCUT2D eigenvalue weighted by Crippen LogP contribution is 2.26. The van der Waals surface area contributed by atoms with Crippen molar-refractivity contribution in [3.8, 4) is 0 Å². The van der Waals surface area contributed by atoms with Crippen LogP contribution in [0.3, 0.4) is 0 Å². The lowest BCUT2D eigenvalue weighted by Crippen LogP contribution is -2.35. The lowest BCUT2D eigenvalue weighted by molar-refractivity contribution is -0.384. The Morgan fingerprint density at radius 2 is 2.17 bits per heavy atom.